The van der Waals surface area contributed by atoms with Crippen molar-refractivity contribution in [3.05, 3.63) is 59.4 Å². The zero-order valence-corrected chi connectivity index (χ0v) is 11.9. The van der Waals surface area contributed by atoms with Crippen molar-refractivity contribution >= 4 is 11.8 Å². The van der Waals surface area contributed by atoms with Crippen LogP contribution in [0.15, 0.2) is 46.2 Å². The molecule has 0 bridgehead atoms. The smallest absolute Gasteiger partial charge is 0.159 e. The maximum atomic E-state index is 13.4. The van der Waals surface area contributed by atoms with Gasteiger partial charge in [0.2, 0.25) is 0 Å². The Hall–Kier alpha value is -1.46. The second-order valence-corrected chi connectivity index (χ2v) is 5.49. The van der Waals surface area contributed by atoms with Crippen molar-refractivity contribution in [1.82, 2.24) is 5.32 Å². The first kappa shape index (κ1) is 14.9. The van der Waals surface area contributed by atoms with E-state index in [-0.39, 0.29) is 11.9 Å². The van der Waals surface area contributed by atoms with E-state index in [4.69, 9.17) is 0 Å². The highest BCUT2D eigenvalue weighted by molar-refractivity contribution is 7.99. The third kappa shape index (κ3) is 3.35. The zero-order chi connectivity index (χ0) is 14.7. The van der Waals surface area contributed by atoms with Gasteiger partial charge in [0.25, 0.3) is 0 Å². The second kappa shape index (κ2) is 6.33. The second-order valence-electron chi connectivity index (χ2n) is 4.37. The quantitative estimate of drug-likeness (QED) is 0.889. The van der Waals surface area contributed by atoms with Crippen LogP contribution in [0.1, 0.15) is 18.5 Å². The first-order valence-electron chi connectivity index (χ1n) is 6.11. The van der Waals surface area contributed by atoms with Gasteiger partial charge in [0.05, 0.1) is 0 Å². The van der Waals surface area contributed by atoms with Gasteiger partial charge in [-0.1, -0.05) is 11.8 Å². The summed E-state index contributed by atoms with van der Waals surface area (Å²) in [7, 11) is 1.78. The molecule has 0 saturated carbocycles. The molecule has 20 heavy (non-hydrogen) atoms. The molecule has 0 aliphatic heterocycles. The van der Waals surface area contributed by atoms with Crippen LogP contribution in [0, 0.1) is 17.5 Å². The molecule has 0 radical (unpaired) electrons. The monoisotopic (exact) mass is 297 g/mol. The van der Waals surface area contributed by atoms with E-state index in [0.29, 0.717) is 4.90 Å². The van der Waals surface area contributed by atoms with Crippen molar-refractivity contribution in [3.8, 4) is 0 Å². The van der Waals surface area contributed by atoms with E-state index in [2.05, 4.69) is 5.32 Å². The van der Waals surface area contributed by atoms with Gasteiger partial charge < -0.3 is 5.32 Å². The maximum absolute atomic E-state index is 13.4. The summed E-state index contributed by atoms with van der Waals surface area (Å²) in [6.07, 6.45) is 0. The Balaban J connectivity index is 2.35. The first-order chi connectivity index (χ1) is 9.51. The minimum absolute atomic E-state index is 0.0431. The van der Waals surface area contributed by atoms with E-state index in [0.717, 1.165) is 22.6 Å². The summed E-state index contributed by atoms with van der Waals surface area (Å²) >= 11 is 1.28. The highest BCUT2D eigenvalue weighted by Crippen LogP contribution is 2.34. The van der Waals surface area contributed by atoms with E-state index in [1.807, 2.05) is 6.92 Å². The Morgan fingerprint density at radius 3 is 2.40 bits per heavy atom. The number of nitrogens with one attached hydrogen (secondary N) is 1. The van der Waals surface area contributed by atoms with Crippen molar-refractivity contribution in [2.75, 3.05) is 7.05 Å². The van der Waals surface area contributed by atoms with Crippen LogP contribution in [-0.2, 0) is 0 Å². The molecule has 0 saturated heterocycles. The lowest BCUT2D eigenvalue weighted by Crippen LogP contribution is -2.13. The Kier molecular flexibility index (Phi) is 4.73. The Labute approximate surface area is 120 Å². The zero-order valence-electron chi connectivity index (χ0n) is 11.1. The van der Waals surface area contributed by atoms with Crippen LogP contribution >= 0.6 is 11.8 Å². The summed E-state index contributed by atoms with van der Waals surface area (Å²) in [5, 5.41) is 3.04. The highest BCUT2D eigenvalue weighted by Gasteiger charge is 2.12. The molecule has 0 heterocycles. The molecular formula is C15H14F3NS. The van der Waals surface area contributed by atoms with Gasteiger partial charge in [-0.3, -0.25) is 0 Å². The molecule has 0 spiro atoms. The van der Waals surface area contributed by atoms with Crippen molar-refractivity contribution in [1.29, 1.82) is 0 Å². The van der Waals surface area contributed by atoms with Crippen LogP contribution < -0.4 is 5.32 Å². The fraction of sp³-hybridized carbons (Fsp3) is 0.200. The SMILES string of the molecule is CNC(C)c1cc(F)ccc1Sc1ccc(F)c(F)c1. The van der Waals surface area contributed by atoms with Gasteiger partial charge in [-0.05, 0) is 55.9 Å². The molecule has 0 amide bonds. The molecule has 2 aromatic carbocycles. The van der Waals surface area contributed by atoms with Crippen LogP contribution in [0.5, 0.6) is 0 Å². The largest absolute Gasteiger partial charge is 0.313 e. The van der Waals surface area contributed by atoms with Crippen LogP contribution in [0.2, 0.25) is 0 Å². The summed E-state index contributed by atoms with van der Waals surface area (Å²) < 4.78 is 39.5. The minimum atomic E-state index is -0.889. The topological polar surface area (TPSA) is 12.0 Å². The molecule has 0 aliphatic carbocycles. The summed E-state index contributed by atoms with van der Waals surface area (Å²) in [6, 6.07) is 8.13. The van der Waals surface area contributed by atoms with Crippen molar-refractivity contribution in [2.45, 2.75) is 22.8 Å². The van der Waals surface area contributed by atoms with Crippen LogP contribution in [-0.4, -0.2) is 7.05 Å². The number of hydrogen-bond donors (Lipinski definition) is 1. The third-order valence-electron chi connectivity index (χ3n) is 2.99. The van der Waals surface area contributed by atoms with Gasteiger partial charge in [-0.25, -0.2) is 13.2 Å². The molecule has 0 aliphatic rings. The molecule has 0 fully saturated rings. The lowest BCUT2D eigenvalue weighted by molar-refractivity contribution is 0.506. The molecule has 1 unspecified atom stereocenters. The highest BCUT2D eigenvalue weighted by atomic mass is 32.2. The summed E-state index contributed by atoms with van der Waals surface area (Å²) in [6.45, 7) is 1.91. The molecule has 1 nitrogen and oxygen atoms in total. The maximum Gasteiger partial charge on any atom is 0.159 e. The van der Waals surface area contributed by atoms with Gasteiger partial charge in [0, 0.05) is 15.8 Å². The van der Waals surface area contributed by atoms with Crippen LogP contribution in [0.3, 0.4) is 0 Å². The predicted octanol–water partition coefficient (Wildman–Crippen LogP) is 4.54. The van der Waals surface area contributed by atoms with E-state index in [1.165, 1.54) is 30.0 Å². The predicted molar refractivity (Wildman–Crippen MR) is 74.4 cm³/mol. The number of halogens is 3. The van der Waals surface area contributed by atoms with Gasteiger partial charge >= 0.3 is 0 Å². The van der Waals surface area contributed by atoms with Gasteiger partial charge in [0.15, 0.2) is 11.6 Å². The number of rotatable bonds is 4. The Morgan fingerprint density at radius 2 is 1.75 bits per heavy atom. The number of benzene rings is 2. The summed E-state index contributed by atoms with van der Waals surface area (Å²) in [5.74, 6) is -2.09. The Morgan fingerprint density at radius 1 is 1.00 bits per heavy atom. The van der Waals surface area contributed by atoms with Crippen molar-refractivity contribution < 1.29 is 13.2 Å². The normalized spacial score (nSPS) is 12.4. The van der Waals surface area contributed by atoms with Gasteiger partial charge in [-0.2, -0.15) is 0 Å². The third-order valence-corrected chi connectivity index (χ3v) is 4.07. The van der Waals surface area contributed by atoms with E-state index < -0.39 is 11.6 Å². The standard InChI is InChI=1S/C15H14F3NS/c1-9(19-2)12-7-10(16)3-6-15(12)20-11-4-5-13(17)14(18)8-11/h3-9,19H,1-2H3. The summed E-state index contributed by atoms with van der Waals surface area (Å²) in [5.41, 5.74) is 0.780. The minimum Gasteiger partial charge on any atom is -0.313 e. The van der Waals surface area contributed by atoms with Gasteiger partial charge in [-0.15, -0.1) is 0 Å². The molecular weight excluding hydrogens is 283 g/mol. The van der Waals surface area contributed by atoms with Crippen LogP contribution in [0.4, 0.5) is 13.2 Å². The Bertz CT molecular complexity index is 616. The molecule has 1 atom stereocenters. The molecule has 2 rings (SSSR count). The summed E-state index contributed by atoms with van der Waals surface area (Å²) in [4.78, 5) is 1.37. The average molecular weight is 297 g/mol. The lowest BCUT2D eigenvalue weighted by atomic mass is 10.1. The number of hydrogen-bond acceptors (Lipinski definition) is 2. The fourth-order valence-electron chi connectivity index (χ4n) is 1.77. The molecule has 2 aromatic rings. The first-order valence-corrected chi connectivity index (χ1v) is 6.92. The van der Waals surface area contributed by atoms with Crippen molar-refractivity contribution in [2.24, 2.45) is 0 Å². The van der Waals surface area contributed by atoms with Crippen molar-refractivity contribution in [3.63, 3.8) is 0 Å². The molecule has 106 valence electrons. The van der Waals surface area contributed by atoms with E-state index in [9.17, 15) is 13.2 Å². The molecule has 1 N–H and O–H groups in total. The van der Waals surface area contributed by atoms with E-state index >= 15 is 0 Å². The fourth-order valence-corrected chi connectivity index (χ4v) is 2.82. The average Bonchev–Trinajstić information content (AvgIpc) is 2.44. The lowest BCUT2D eigenvalue weighted by Gasteiger charge is -2.15. The van der Waals surface area contributed by atoms with Gasteiger partial charge in [0.1, 0.15) is 5.82 Å². The molecule has 5 heteroatoms. The van der Waals surface area contributed by atoms with E-state index in [1.54, 1.807) is 13.1 Å². The molecule has 0 aromatic heterocycles. The van der Waals surface area contributed by atoms with Crippen LogP contribution in [0.25, 0.3) is 0 Å².